The first-order chi connectivity index (χ1) is 9.04. The van der Waals surface area contributed by atoms with E-state index < -0.39 is 11.7 Å². The summed E-state index contributed by atoms with van der Waals surface area (Å²) in [7, 11) is 0. The van der Waals surface area contributed by atoms with Gasteiger partial charge in [0.25, 0.3) is 0 Å². The number of pyridine rings is 1. The van der Waals surface area contributed by atoms with Crippen LogP contribution in [-0.4, -0.2) is 42.2 Å². The van der Waals surface area contributed by atoms with Crippen molar-refractivity contribution in [3.8, 4) is 5.75 Å². The van der Waals surface area contributed by atoms with Gasteiger partial charge in [-0.25, -0.2) is 0 Å². The molecule has 1 atom stereocenters. The minimum absolute atomic E-state index is 0.192. The Morgan fingerprint density at radius 3 is 3.05 bits per heavy atom. The first-order valence-electron chi connectivity index (χ1n) is 6.18. The van der Waals surface area contributed by atoms with Crippen LogP contribution in [-0.2, 0) is 12.7 Å². The van der Waals surface area contributed by atoms with Crippen LogP contribution in [0, 0.1) is 0 Å². The van der Waals surface area contributed by atoms with E-state index >= 15 is 0 Å². The third-order valence-electron chi connectivity index (χ3n) is 3.51. The van der Waals surface area contributed by atoms with Crippen molar-refractivity contribution in [1.82, 2.24) is 15.2 Å². The molecule has 1 fully saturated rings. The van der Waals surface area contributed by atoms with Crippen molar-refractivity contribution in [2.45, 2.75) is 18.8 Å². The number of fused-ring (bicyclic) bond motifs is 2. The van der Waals surface area contributed by atoms with E-state index in [9.17, 15) is 13.2 Å². The third-order valence-corrected chi connectivity index (χ3v) is 3.51. The van der Waals surface area contributed by atoms with Gasteiger partial charge in [-0.3, -0.25) is 9.88 Å². The van der Waals surface area contributed by atoms with Crippen LogP contribution in [0.25, 0.3) is 0 Å². The van der Waals surface area contributed by atoms with Gasteiger partial charge in [0.05, 0.1) is 17.3 Å². The minimum Gasteiger partial charge on any atom is -0.490 e. The SMILES string of the molecule is FC(F)(F)c1cnc2c(c1)OC[C@@H]1CNCCN1C2. The van der Waals surface area contributed by atoms with E-state index in [0.29, 0.717) is 18.8 Å². The Morgan fingerprint density at radius 1 is 1.42 bits per heavy atom. The van der Waals surface area contributed by atoms with Crippen LogP contribution in [0.1, 0.15) is 11.3 Å². The molecule has 1 aromatic rings. The van der Waals surface area contributed by atoms with Crippen molar-refractivity contribution >= 4 is 0 Å². The van der Waals surface area contributed by atoms with Crippen LogP contribution >= 0.6 is 0 Å². The molecule has 0 aromatic carbocycles. The molecule has 1 saturated heterocycles. The van der Waals surface area contributed by atoms with Gasteiger partial charge in [-0.15, -0.1) is 0 Å². The maximum atomic E-state index is 12.6. The van der Waals surface area contributed by atoms with Crippen LogP contribution in [0.4, 0.5) is 13.2 Å². The Bertz CT molecular complexity index is 478. The van der Waals surface area contributed by atoms with E-state index in [-0.39, 0.29) is 11.8 Å². The Hall–Kier alpha value is -1.34. The molecule has 2 aliphatic rings. The van der Waals surface area contributed by atoms with E-state index in [1.54, 1.807) is 0 Å². The molecule has 4 nitrogen and oxygen atoms in total. The van der Waals surface area contributed by atoms with E-state index in [1.807, 2.05) is 0 Å². The number of piperazine rings is 1. The summed E-state index contributed by atoms with van der Waals surface area (Å²) in [6.07, 6.45) is -3.50. The Kier molecular flexibility index (Phi) is 3.10. The lowest BCUT2D eigenvalue weighted by molar-refractivity contribution is -0.138. The molecular weight excluding hydrogens is 259 g/mol. The minimum atomic E-state index is -4.38. The molecule has 19 heavy (non-hydrogen) atoms. The molecule has 0 unspecified atom stereocenters. The predicted molar refractivity (Wildman–Crippen MR) is 61.8 cm³/mol. The van der Waals surface area contributed by atoms with Gasteiger partial charge in [-0.1, -0.05) is 0 Å². The fourth-order valence-electron chi connectivity index (χ4n) is 2.43. The van der Waals surface area contributed by atoms with Crippen LogP contribution in [0.3, 0.4) is 0 Å². The molecule has 0 saturated carbocycles. The summed E-state index contributed by atoms with van der Waals surface area (Å²) in [5.41, 5.74) is -0.179. The van der Waals surface area contributed by atoms with Crippen molar-refractivity contribution in [2.24, 2.45) is 0 Å². The van der Waals surface area contributed by atoms with Crippen molar-refractivity contribution < 1.29 is 17.9 Å². The van der Waals surface area contributed by atoms with E-state index in [4.69, 9.17) is 4.74 Å². The first kappa shape index (κ1) is 12.7. The average Bonchev–Trinajstić information content (AvgIpc) is 2.55. The van der Waals surface area contributed by atoms with Gasteiger partial charge >= 0.3 is 6.18 Å². The summed E-state index contributed by atoms with van der Waals surface area (Å²) >= 11 is 0. The molecule has 1 N–H and O–H groups in total. The molecular formula is C12H14F3N3O. The Balaban J connectivity index is 1.89. The third kappa shape index (κ3) is 2.52. The smallest absolute Gasteiger partial charge is 0.418 e. The molecule has 0 aliphatic carbocycles. The van der Waals surface area contributed by atoms with Gasteiger partial charge in [-0.05, 0) is 6.07 Å². The monoisotopic (exact) mass is 273 g/mol. The quantitative estimate of drug-likeness (QED) is 0.772. The zero-order chi connectivity index (χ0) is 13.5. The number of alkyl halides is 3. The molecule has 0 radical (unpaired) electrons. The van der Waals surface area contributed by atoms with Crippen molar-refractivity contribution in [3.63, 3.8) is 0 Å². The second-order valence-electron chi connectivity index (χ2n) is 4.81. The molecule has 104 valence electrons. The summed E-state index contributed by atoms with van der Waals surface area (Å²) in [5.74, 6) is 0.254. The van der Waals surface area contributed by atoms with Gasteiger partial charge in [0.2, 0.25) is 0 Å². The zero-order valence-electron chi connectivity index (χ0n) is 10.2. The number of ether oxygens (including phenoxy) is 1. The molecule has 0 spiro atoms. The maximum absolute atomic E-state index is 12.6. The maximum Gasteiger partial charge on any atom is 0.418 e. The van der Waals surface area contributed by atoms with Crippen LogP contribution in [0.5, 0.6) is 5.75 Å². The van der Waals surface area contributed by atoms with Gasteiger partial charge in [-0.2, -0.15) is 13.2 Å². The number of rotatable bonds is 0. The molecule has 7 heteroatoms. The van der Waals surface area contributed by atoms with E-state index in [1.165, 1.54) is 0 Å². The summed E-state index contributed by atoms with van der Waals surface area (Å²) in [4.78, 5) is 6.13. The van der Waals surface area contributed by atoms with Crippen molar-refractivity contribution in [1.29, 1.82) is 0 Å². The van der Waals surface area contributed by atoms with Gasteiger partial charge in [0.1, 0.15) is 12.4 Å². The van der Waals surface area contributed by atoms with Crippen LogP contribution in [0.15, 0.2) is 12.3 Å². The number of nitrogens with zero attached hydrogens (tertiary/aromatic N) is 2. The summed E-state index contributed by atoms with van der Waals surface area (Å²) in [5, 5.41) is 3.25. The zero-order valence-corrected chi connectivity index (χ0v) is 10.2. The number of hydrogen-bond acceptors (Lipinski definition) is 4. The molecule has 0 bridgehead atoms. The van der Waals surface area contributed by atoms with Gasteiger partial charge in [0, 0.05) is 32.4 Å². The summed E-state index contributed by atoms with van der Waals surface area (Å²) in [6.45, 7) is 3.46. The fraction of sp³-hybridized carbons (Fsp3) is 0.583. The van der Waals surface area contributed by atoms with E-state index in [2.05, 4.69) is 15.2 Å². The topological polar surface area (TPSA) is 37.4 Å². The molecule has 1 aromatic heterocycles. The normalized spacial score (nSPS) is 24.1. The molecule has 2 aliphatic heterocycles. The Morgan fingerprint density at radius 2 is 2.26 bits per heavy atom. The summed E-state index contributed by atoms with van der Waals surface area (Å²) < 4.78 is 43.4. The highest BCUT2D eigenvalue weighted by Crippen LogP contribution is 2.33. The fourth-order valence-corrected chi connectivity index (χ4v) is 2.43. The average molecular weight is 273 g/mol. The van der Waals surface area contributed by atoms with Crippen molar-refractivity contribution in [2.75, 3.05) is 26.2 Å². The highest BCUT2D eigenvalue weighted by molar-refractivity contribution is 5.33. The lowest BCUT2D eigenvalue weighted by Crippen LogP contribution is -2.52. The molecule has 0 amide bonds. The van der Waals surface area contributed by atoms with Gasteiger partial charge < -0.3 is 10.1 Å². The highest BCUT2D eigenvalue weighted by atomic mass is 19.4. The highest BCUT2D eigenvalue weighted by Gasteiger charge is 2.34. The molecule has 3 rings (SSSR count). The Labute approximate surface area is 108 Å². The standard InChI is InChI=1S/C12H14F3N3O/c13-12(14,15)8-3-11-10(17-4-8)6-18-2-1-16-5-9(18)7-19-11/h3-4,9,16H,1-2,5-7H2/t9-/m0/s1. The number of halogens is 3. The molecule has 3 heterocycles. The second kappa shape index (κ2) is 4.64. The number of aromatic nitrogens is 1. The lowest BCUT2D eigenvalue weighted by atomic mass is 10.2. The van der Waals surface area contributed by atoms with Crippen LogP contribution < -0.4 is 10.1 Å². The van der Waals surface area contributed by atoms with Gasteiger partial charge in [0.15, 0.2) is 0 Å². The first-order valence-corrected chi connectivity index (χ1v) is 6.18. The number of nitrogens with one attached hydrogen (secondary N) is 1. The lowest BCUT2D eigenvalue weighted by Gasteiger charge is -2.33. The van der Waals surface area contributed by atoms with E-state index in [0.717, 1.165) is 31.9 Å². The largest absolute Gasteiger partial charge is 0.490 e. The number of hydrogen-bond donors (Lipinski definition) is 1. The summed E-state index contributed by atoms with van der Waals surface area (Å²) in [6, 6.07) is 1.24. The second-order valence-corrected chi connectivity index (χ2v) is 4.81. The van der Waals surface area contributed by atoms with Crippen molar-refractivity contribution in [3.05, 3.63) is 23.5 Å². The van der Waals surface area contributed by atoms with Crippen LogP contribution in [0.2, 0.25) is 0 Å². The predicted octanol–water partition coefficient (Wildman–Crippen LogP) is 1.27.